The topological polar surface area (TPSA) is 133 Å². The van der Waals surface area contributed by atoms with Crippen LogP contribution in [0.25, 0.3) is 0 Å². The van der Waals surface area contributed by atoms with Gasteiger partial charge >= 0.3 is 12.0 Å². The average molecular weight is 321 g/mol. The molecule has 10 heteroatoms. The molecule has 120 valence electrons. The van der Waals surface area contributed by atoms with E-state index >= 15 is 0 Å². The molecule has 0 aliphatic carbocycles. The van der Waals surface area contributed by atoms with Gasteiger partial charge in [-0.25, -0.2) is 18.0 Å². The molecule has 0 spiro atoms. The summed E-state index contributed by atoms with van der Waals surface area (Å²) in [5, 5.41) is 13.9. The fourth-order valence-electron chi connectivity index (χ4n) is 1.88. The third kappa shape index (κ3) is 5.21. The van der Waals surface area contributed by atoms with Crippen LogP contribution in [-0.2, 0) is 19.4 Å². The predicted molar refractivity (Wildman–Crippen MR) is 73.5 cm³/mol. The minimum Gasteiger partial charge on any atom is -0.480 e. The number of piperazine rings is 1. The Labute approximate surface area is 122 Å². The molecule has 0 aromatic rings. The molecule has 21 heavy (non-hydrogen) atoms. The van der Waals surface area contributed by atoms with E-state index in [0.717, 1.165) is 6.26 Å². The summed E-state index contributed by atoms with van der Waals surface area (Å²) >= 11 is 0. The number of rotatable bonds is 5. The van der Waals surface area contributed by atoms with Crippen molar-refractivity contribution in [1.82, 2.24) is 15.5 Å². The minimum atomic E-state index is -3.33. The van der Waals surface area contributed by atoms with Crippen molar-refractivity contribution in [3.05, 3.63) is 0 Å². The van der Waals surface area contributed by atoms with E-state index in [0.29, 0.717) is 0 Å². The van der Waals surface area contributed by atoms with Crippen molar-refractivity contribution in [1.29, 1.82) is 0 Å². The minimum absolute atomic E-state index is 0.228. The molecule has 1 saturated heterocycles. The van der Waals surface area contributed by atoms with Crippen molar-refractivity contribution in [3.8, 4) is 0 Å². The smallest absolute Gasteiger partial charge is 0.326 e. The van der Waals surface area contributed by atoms with Crippen molar-refractivity contribution in [2.24, 2.45) is 0 Å². The van der Waals surface area contributed by atoms with Crippen LogP contribution in [0.1, 0.15) is 13.3 Å². The number of carboxylic acid groups (broad SMARTS) is 1. The van der Waals surface area contributed by atoms with Gasteiger partial charge < -0.3 is 20.6 Å². The number of sulfone groups is 1. The van der Waals surface area contributed by atoms with Gasteiger partial charge in [-0.1, -0.05) is 0 Å². The Bertz CT molecular complexity index is 532. The standard InChI is InChI=1S/C11H19N3O6S/c1-7-9(15)12-4-5-14(7)11(18)13-8(10(16)17)3-6-21(2,19)20/h7-8H,3-6H2,1-2H3,(H,12,15)(H,13,18)(H,16,17). The molecule has 2 atom stereocenters. The monoisotopic (exact) mass is 321 g/mol. The summed E-state index contributed by atoms with van der Waals surface area (Å²) in [4.78, 5) is 35.8. The highest BCUT2D eigenvalue weighted by Gasteiger charge is 2.31. The predicted octanol–water partition coefficient (Wildman–Crippen LogP) is -1.60. The molecule has 2 unspecified atom stereocenters. The zero-order valence-corrected chi connectivity index (χ0v) is 12.6. The van der Waals surface area contributed by atoms with E-state index in [1.54, 1.807) is 0 Å². The van der Waals surface area contributed by atoms with Crippen LogP contribution in [-0.4, -0.2) is 73.5 Å². The van der Waals surface area contributed by atoms with E-state index < -0.39 is 33.9 Å². The van der Waals surface area contributed by atoms with E-state index in [9.17, 15) is 22.8 Å². The Balaban J connectivity index is 2.68. The van der Waals surface area contributed by atoms with E-state index in [1.165, 1.54) is 11.8 Å². The summed E-state index contributed by atoms with van der Waals surface area (Å²) in [5.74, 6) is -1.99. The molecule has 0 aromatic heterocycles. The van der Waals surface area contributed by atoms with Crippen LogP contribution in [0.15, 0.2) is 0 Å². The number of carboxylic acids is 1. The van der Waals surface area contributed by atoms with Gasteiger partial charge in [0.25, 0.3) is 0 Å². The van der Waals surface area contributed by atoms with Crippen molar-refractivity contribution in [2.75, 3.05) is 25.1 Å². The number of hydrogen-bond donors (Lipinski definition) is 3. The van der Waals surface area contributed by atoms with Crippen molar-refractivity contribution < 1.29 is 27.9 Å². The normalized spacial score (nSPS) is 20.6. The van der Waals surface area contributed by atoms with Gasteiger partial charge in [0.05, 0.1) is 5.75 Å². The second kappa shape index (κ2) is 6.74. The zero-order valence-electron chi connectivity index (χ0n) is 11.8. The number of nitrogens with one attached hydrogen (secondary N) is 2. The molecular formula is C11H19N3O6S. The van der Waals surface area contributed by atoms with Crippen molar-refractivity contribution in [3.63, 3.8) is 0 Å². The van der Waals surface area contributed by atoms with Crippen LogP contribution in [0.2, 0.25) is 0 Å². The fourth-order valence-corrected chi connectivity index (χ4v) is 2.54. The van der Waals surface area contributed by atoms with Crippen molar-refractivity contribution in [2.45, 2.75) is 25.4 Å². The number of carbonyl (C=O) groups excluding carboxylic acids is 2. The number of urea groups is 1. The van der Waals surface area contributed by atoms with Gasteiger partial charge in [0.1, 0.15) is 21.9 Å². The second-order valence-electron chi connectivity index (χ2n) is 4.92. The molecule has 0 radical (unpaired) electrons. The molecule has 1 aliphatic rings. The first kappa shape index (κ1) is 17.2. The maximum atomic E-state index is 12.0. The van der Waals surface area contributed by atoms with E-state index in [4.69, 9.17) is 5.11 Å². The summed E-state index contributed by atoms with van der Waals surface area (Å²) in [5.41, 5.74) is 0. The van der Waals surface area contributed by atoms with E-state index in [1.807, 2.05) is 0 Å². The quantitative estimate of drug-likeness (QED) is 0.559. The Morgan fingerprint density at radius 3 is 2.67 bits per heavy atom. The van der Waals surface area contributed by atoms with Gasteiger partial charge in [-0.15, -0.1) is 0 Å². The lowest BCUT2D eigenvalue weighted by molar-refractivity contribution is -0.139. The van der Waals surface area contributed by atoms with Gasteiger partial charge in [-0.2, -0.15) is 0 Å². The molecule has 1 heterocycles. The lowest BCUT2D eigenvalue weighted by atomic mass is 10.2. The van der Waals surface area contributed by atoms with Gasteiger partial charge in [0.2, 0.25) is 5.91 Å². The summed E-state index contributed by atoms with van der Waals surface area (Å²) in [7, 11) is -3.33. The molecule has 1 aliphatic heterocycles. The van der Waals surface area contributed by atoms with Gasteiger partial charge in [0.15, 0.2) is 0 Å². The Morgan fingerprint density at radius 1 is 1.52 bits per heavy atom. The maximum absolute atomic E-state index is 12.0. The zero-order chi connectivity index (χ0) is 16.2. The summed E-state index contributed by atoms with van der Waals surface area (Å²) in [6.07, 6.45) is 0.763. The first-order valence-electron chi connectivity index (χ1n) is 6.37. The van der Waals surface area contributed by atoms with Gasteiger partial charge in [-0.05, 0) is 13.3 Å². The summed E-state index contributed by atoms with van der Waals surface area (Å²) in [6, 6.07) is -2.72. The van der Waals surface area contributed by atoms with Crippen LogP contribution in [0, 0.1) is 0 Å². The molecule has 3 amide bonds. The van der Waals surface area contributed by atoms with Crippen LogP contribution in [0.3, 0.4) is 0 Å². The number of amides is 3. The molecule has 9 nitrogen and oxygen atoms in total. The third-order valence-electron chi connectivity index (χ3n) is 3.13. The number of hydrogen-bond acceptors (Lipinski definition) is 5. The third-order valence-corrected chi connectivity index (χ3v) is 4.11. The largest absolute Gasteiger partial charge is 0.480 e. The van der Waals surface area contributed by atoms with Gasteiger partial charge in [-0.3, -0.25) is 4.79 Å². The summed E-state index contributed by atoms with van der Waals surface area (Å²) in [6.45, 7) is 2.08. The molecule has 1 rings (SSSR count). The SMILES string of the molecule is CC1C(=O)NCCN1C(=O)NC(CCS(C)(=O)=O)C(=O)O. The van der Waals surface area contributed by atoms with Crippen LogP contribution in [0.5, 0.6) is 0 Å². The molecular weight excluding hydrogens is 302 g/mol. The van der Waals surface area contributed by atoms with Crippen molar-refractivity contribution >= 4 is 27.7 Å². The first-order valence-corrected chi connectivity index (χ1v) is 8.43. The highest BCUT2D eigenvalue weighted by Crippen LogP contribution is 2.06. The number of aliphatic carboxylic acids is 1. The molecule has 3 N–H and O–H groups in total. The highest BCUT2D eigenvalue weighted by molar-refractivity contribution is 7.90. The van der Waals surface area contributed by atoms with Crippen LogP contribution >= 0.6 is 0 Å². The van der Waals surface area contributed by atoms with Crippen LogP contribution in [0.4, 0.5) is 4.79 Å². The molecule has 1 fully saturated rings. The second-order valence-corrected chi connectivity index (χ2v) is 7.18. The molecule has 0 aromatic carbocycles. The maximum Gasteiger partial charge on any atom is 0.326 e. The van der Waals surface area contributed by atoms with E-state index in [-0.39, 0.29) is 31.2 Å². The lowest BCUT2D eigenvalue weighted by Crippen LogP contribution is -2.60. The Kier molecular flexibility index (Phi) is 5.53. The van der Waals surface area contributed by atoms with Gasteiger partial charge in [0, 0.05) is 19.3 Å². The first-order chi connectivity index (χ1) is 9.61. The molecule has 0 bridgehead atoms. The Morgan fingerprint density at radius 2 is 2.14 bits per heavy atom. The Hall–Kier alpha value is -1.84. The lowest BCUT2D eigenvalue weighted by Gasteiger charge is -2.33. The van der Waals surface area contributed by atoms with Crippen LogP contribution < -0.4 is 10.6 Å². The highest BCUT2D eigenvalue weighted by atomic mass is 32.2. The number of carbonyl (C=O) groups is 3. The molecule has 0 saturated carbocycles. The fraction of sp³-hybridized carbons (Fsp3) is 0.727. The van der Waals surface area contributed by atoms with E-state index in [2.05, 4.69) is 10.6 Å². The average Bonchev–Trinajstić information content (AvgIpc) is 2.36. The number of nitrogens with zero attached hydrogens (tertiary/aromatic N) is 1. The summed E-state index contributed by atoms with van der Waals surface area (Å²) < 4.78 is 22.1.